The Balaban J connectivity index is 1.37. The van der Waals surface area contributed by atoms with Crippen LogP contribution in [0.4, 0.5) is 5.69 Å². The van der Waals surface area contributed by atoms with E-state index in [9.17, 15) is 4.79 Å². The van der Waals surface area contributed by atoms with Crippen LogP contribution in [0.5, 0.6) is 0 Å². The summed E-state index contributed by atoms with van der Waals surface area (Å²) in [5.74, 6) is 1.16. The van der Waals surface area contributed by atoms with Crippen molar-refractivity contribution >= 4 is 33.5 Å². The number of hydrogen-bond acceptors (Lipinski definition) is 2. The molecule has 4 aromatic rings. The maximum Gasteiger partial charge on any atom is 0.228 e. The van der Waals surface area contributed by atoms with Crippen molar-refractivity contribution in [1.82, 2.24) is 14.5 Å². The van der Waals surface area contributed by atoms with Gasteiger partial charge in [-0.25, -0.2) is 4.98 Å². The van der Waals surface area contributed by atoms with Gasteiger partial charge in [0.25, 0.3) is 0 Å². The fraction of sp³-hybridized carbons (Fsp3) is 0.273. The molecule has 0 unspecified atom stereocenters. The smallest absolute Gasteiger partial charge is 0.228 e. The number of rotatable bonds is 3. The molecule has 3 heterocycles. The lowest BCUT2D eigenvalue weighted by atomic mass is 10.1. The highest BCUT2D eigenvalue weighted by Crippen LogP contribution is 2.25. The van der Waals surface area contributed by atoms with E-state index in [2.05, 4.69) is 20.9 Å². The first-order valence-corrected chi connectivity index (χ1v) is 9.62. The first-order valence-electron chi connectivity index (χ1n) is 9.62. The van der Waals surface area contributed by atoms with Crippen molar-refractivity contribution in [2.45, 2.75) is 38.6 Å². The Morgan fingerprint density at radius 2 is 2.07 bits per heavy atom. The number of amides is 1. The number of fused-ring (bicyclic) bond motifs is 4. The van der Waals surface area contributed by atoms with Crippen molar-refractivity contribution < 1.29 is 4.79 Å². The number of carbonyl (C=O) groups excluding carboxylic acids is 1. The van der Waals surface area contributed by atoms with E-state index in [0.29, 0.717) is 6.42 Å². The summed E-state index contributed by atoms with van der Waals surface area (Å²) in [6.45, 7) is 1.04. The number of para-hydroxylation sites is 1. The standard InChI is InChI=1S/C22H22N4O/c27-22(12-15-14-23-18-7-4-3-6-17(15)18)24-16-9-10-20-19(13-16)25-21-8-2-1-5-11-26(20)21/h3-4,6-7,9-10,13-14,23H,1-2,5,8,11-12H2,(H,24,27). The van der Waals surface area contributed by atoms with Crippen molar-refractivity contribution in [3.63, 3.8) is 0 Å². The number of aromatic nitrogens is 3. The number of nitrogens with one attached hydrogen (secondary N) is 2. The molecule has 0 aliphatic carbocycles. The minimum Gasteiger partial charge on any atom is -0.361 e. The average Bonchev–Trinajstić information content (AvgIpc) is 3.14. The van der Waals surface area contributed by atoms with Crippen LogP contribution in [-0.2, 0) is 24.2 Å². The van der Waals surface area contributed by atoms with Crippen molar-refractivity contribution in [2.24, 2.45) is 0 Å². The van der Waals surface area contributed by atoms with E-state index in [1.807, 2.05) is 42.6 Å². The van der Waals surface area contributed by atoms with Crippen molar-refractivity contribution in [1.29, 1.82) is 0 Å². The summed E-state index contributed by atoms with van der Waals surface area (Å²) < 4.78 is 2.33. The summed E-state index contributed by atoms with van der Waals surface area (Å²) >= 11 is 0. The summed E-state index contributed by atoms with van der Waals surface area (Å²) in [6.07, 6.45) is 6.99. The van der Waals surface area contributed by atoms with Gasteiger partial charge in [-0.2, -0.15) is 0 Å². The van der Waals surface area contributed by atoms with Crippen molar-refractivity contribution in [3.8, 4) is 0 Å². The number of carbonyl (C=O) groups is 1. The van der Waals surface area contributed by atoms with E-state index in [1.54, 1.807) is 0 Å². The molecule has 5 heteroatoms. The van der Waals surface area contributed by atoms with Crippen LogP contribution < -0.4 is 5.32 Å². The van der Waals surface area contributed by atoms with Gasteiger partial charge in [-0.15, -0.1) is 0 Å². The Labute approximate surface area is 157 Å². The molecule has 0 saturated carbocycles. The lowest BCUT2D eigenvalue weighted by Crippen LogP contribution is -2.14. The van der Waals surface area contributed by atoms with Gasteiger partial charge in [-0.1, -0.05) is 24.6 Å². The third kappa shape index (κ3) is 2.99. The number of benzene rings is 2. The number of nitrogens with zero attached hydrogens (tertiary/aromatic N) is 2. The van der Waals surface area contributed by atoms with E-state index in [0.717, 1.165) is 40.6 Å². The Hall–Kier alpha value is -3.08. The number of aryl methyl sites for hydroxylation is 2. The van der Waals surface area contributed by atoms with Crippen LogP contribution in [0.1, 0.15) is 30.7 Å². The molecule has 1 aliphatic rings. The van der Waals surface area contributed by atoms with Gasteiger partial charge < -0.3 is 14.9 Å². The largest absolute Gasteiger partial charge is 0.361 e. The lowest BCUT2D eigenvalue weighted by Gasteiger charge is -2.07. The Morgan fingerprint density at radius 1 is 1.15 bits per heavy atom. The van der Waals surface area contributed by atoms with Gasteiger partial charge in [0.15, 0.2) is 0 Å². The summed E-state index contributed by atoms with van der Waals surface area (Å²) in [5, 5.41) is 4.13. The predicted octanol–water partition coefficient (Wildman–Crippen LogP) is 4.43. The van der Waals surface area contributed by atoms with Crippen molar-refractivity contribution in [3.05, 3.63) is 60.0 Å². The number of hydrogen-bond donors (Lipinski definition) is 2. The highest BCUT2D eigenvalue weighted by atomic mass is 16.1. The molecule has 0 spiro atoms. The average molecular weight is 358 g/mol. The molecular formula is C22H22N4O. The molecule has 0 fully saturated rings. The topological polar surface area (TPSA) is 62.7 Å². The molecule has 2 aromatic heterocycles. The molecule has 27 heavy (non-hydrogen) atoms. The van der Waals surface area contributed by atoms with Gasteiger partial charge in [0.1, 0.15) is 5.82 Å². The molecule has 5 nitrogen and oxygen atoms in total. The van der Waals surface area contributed by atoms with Gasteiger partial charge in [-0.05, 0) is 42.7 Å². The molecule has 2 N–H and O–H groups in total. The summed E-state index contributed by atoms with van der Waals surface area (Å²) in [4.78, 5) is 20.6. The van der Waals surface area contributed by atoms with Gasteiger partial charge >= 0.3 is 0 Å². The van der Waals surface area contributed by atoms with Gasteiger partial charge in [0, 0.05) is 35.8 Å². The van der Waals surface area contributed by atoms with Crippen LogP contribution in [-0.4, -0.2) is 20.4 Å². The Kier molecular flexibility index (Phi) is 3.93. The fourth-order valence-corrected chi connectivity index (χ4v) is 4.08. The first kappa shape index (κ1) is 16.1. The second-order valence-electron chi connectivity index (χ2n) is 7.28. The van der Waals surface area contributed by atoms with E-state index < -0.39 is 0 Å². The van der Waals surface area contributed by atoms with E-state index >= 15 is 0 Å². The first-order chi connectivity index (χ1) is 13.3. The summed E-state index contributed by atoms with van der Waals surface area (Å²) in [5.41, 5.74) is 5.01. The van der Waals surface area contributed by atoms with Gasteiger partial charge in [0.05, 0.1) is 17.5 Å². The van der Waals surface area contributed by atoms with Crippen LogP contribution in [0.2, 0.25) is 0 Å². The third-order valence-corrected chi connectivity index (χ3v) is 5.42. The Bertz CT molecular complexity index is 1140. The normalized spacial score (nSPS) is 14.2. The van der Waals surface area contributed by atoms with E-state index in [-0.39, 0.29) is 5.91 Å². The number of H-pyrrole nitrogens is 1. The van der Waals surface area contributed by atoms with Crippen LogP contribution in [0.15, 0.2) is 48.7 Å². The summed E-state index contributed by atoms with van der Waals surface area (Å²) in [6, 6.07) is 14.1. The second kappa shape index (κ2) is 6.58. The molecule has 1 aliphatic heterocycles. The maximum absolute atomic E-state index is 12.5. The second-order valence-corrected chi connectivity index (χ2v) is 7.28. The fourth-order valence-electron chi connectivity index (χ4n) is 4.08. The molecule has 2 aromatic carbocycles. The molecule has 136 valence electrons. The maximum atomic E-state index is 12.5. The van der Waals surface area contributed by atoms with Gasteiger partial charge in [-0.3, -0.25) is 4.79 Å². The highest BCUT2D eigenvalue weighted by molar-refractivity contribution is 5.97. The predicted molar refractivity (Wildman–Crippen MR) is 108 cm³/mol. The quantitative estimate of drug-likeness (QED) is 0.569. The molecule has 0 atom stereocenters. The van der Waals surface area contributed by atoms with Gasteiger partial charge in [0.2, 0.25) is 5.91 Å². The van der Waals surface area contributed by atoms with Crippen molar-refractivity contribution in [2.75, 3.05) is 5.32 Å². The minimum atomic E-state index is -0.0140. The number of anilines is 1. The lowest BCUT2D eigenvalue weighted by molar-refractivity contribution is -0.115. The summed E-state index contributed by atoms with van der Waals surface area (Å²) in [7, 11) is 0. The van der Waals surface area contributed by atoms with Crippen LogP contribution in [0, 0.1) is 0 Å². The SMILES string of the molecule is O=C(Cc1c[nH]c2ccccc12)Nc1ccc2c(c1)nc1n2CCCCC1. The molecule has 0 bridgehead atoms. The van der Waals surface area contributed by atoms with E-state index in [4.69, 9.17) is 4.98 Å². The molecular weight excluding hydrogens is 336 g/mol. The highest BCUT2D eigenvalue weighted by Gasteiger charge is 2.14. The minimum absolute atomic E-state index is 0.0140. The monoisotopic (exact) mass is 358 g/mol. The molecule has 0 radical (unpaired) electrons. The Morgan fingerprint density at radius 3 is 3.04 bits per heavy atom. The zero-order valence-corrected chi connectivity index (χ0v) is 15.2. The molecule has 0 saturated heterocycles. The third-order valence-electron chi connectivity index (χ3n) is 5.42. The van der Waals surface area contributed by atoms with Crippen LogP contribution >= 0.6 is 0 Å². The number of imidazole rings is 1. The zero-order valence-electron chi connectivity index (χ0n) is 15.2. The number of aromatic amines is 1. The van der Waals surface area contributed by atoms with Crippen LogP contribution in [0.3, 0.4) is 0 Å². The molecule has 5 rings (SSSR count). The zero-order chi connectivity index (χ0) is 18.2. The van der Waals surface area contributed by atoms with Crippen LogP contribution in [0.25, 0.3) is 21.9 Å². The molecule has 1 amide bonds. The van der Waals surface area contributed by atoms with E-state index in [1.165, 1.54) is 30.6 Å².